The van der Waals surface area contributed by atoms with Crippen LogP contribution in [0, 0.1) is 0 Å². The second-order valence-corrected chi connectivity index (χ2v) is 11.9. The molecular weight excluding hydrogens is 481 g/mol. The topological polar surface area (TPSA) is 31.2 Å². The Kier molecular flexibility index (Phi) is 6.14. The number of hydrogen-bond donors (Lipinski definition) is 0. The highest BCUT2D eigenvalue weighted by Gasteiger charge is 2.26. The van der Waals surface area contributed by atoms with Crippen molar-refractivity contribution in [3.8, 4) is 5.75 Å². The summed E-state index contributed by atoms with van der Waals surface area (Å²) in [6.45, 7) is 0. The van der Waals surface area contributed by atoms with E-state index >= 15 is 0 Å². The van der Waals surface area contributed by atoms with Crippen molar-refractivity contribution in [2.24, 2.45) is 0 Å². The summed E-state index contributed by atoms with van der Waals surface area (Å²) >= 11 is 0. The molecule has 1 unspecified atom stereocenters. The van der Waals surface area contributed by atoms with Crippen LogP contribution in [0.15, 0.2) is 137 Å². The van der Waals surface area contributed by atoms with Gasteiger partial charge in [-0.15, -0.1) is 0 Å². The Bertz CT molecular complexity index is 1650. The lowest BCUT2D eigenvalue weighted by Crippen LogP contribution is -2.18. The fraction of sp³-hybridized carbons (Fsp3) is 0.0323. The Labute approximate surface area is 214 Å². The minimum atomic E-state index is -1.40. The highest BCUT2D eigenvalue weighted by Crippen LogP contribution is 2.44. The number of ether oxygens (including phenoxy) is 1. The molecule has 1 atom stereocenters. The van der Waals surface area contributed by atoms with Crippen LogP contribution in [-0.4, -0.2) is 15.7 Å². The molecule has 36 heavy (non-hydrogen) atoms. The third-order valence-electron chi connectivity index (χ3n) is 6.29. The number of fused-ring (bicyclic) bond motifs is 2. The predicted octanol–water partition coefficient (Wildman–Crippen LogP) is 6.87. The van der Waals surface area contributed by atoms with Crippen LogP contribution in [-0.2, 0) is 10.8 Å². The molecule has 6 rings (SSSR count). The second kappa shape index (κ2) is 9.73. The van der Waals surface area contributed by atoms with Gasteiger partial charge < -0.3 is 9.07 Å². The number of nitrogens with zero attached hydrogens (tertiary/aromatic N) is 1. The summed E-state index contributed by atoms with van der Waals surface area (Å²) in [6.07, 6.45) is 0. The predicted molar refractivity (Wildman–Crippen MR) is 152 cm³/mol. The van der Waals surface area contributed by atoms with Crippen molar-refractivity contribution in [2.75, 3.05) is 7.11 Å². The second-order valence-electron chi connectivity index (χ2n) is 8.45. The van der Waals surface area contributed by atoms with Gasteiger partial charge in [-0.3, -0.25) is 0 Å². The monoisotopic (exact) mass is 505 g/mol. The third-order valence-corrected chi connectivity index (χ3v) is 10.3. The van der Waals surface area contributed by atoms with Crippen LogP contribution >= 0.6 is 8.07 Å². The molecule has 0 amide bonds. The normalized spacial score (nSPS) is 12.3. The Balaban J connectivity index is 1.65. The van der Waals surface area contributed by atoms with E-state index in [2.05, 4.69) is 83.2 Å². The van der Waals surface area contributed by atoms with E-state index in [4.69, 9.17) is 4.74 Å². The zero-order valence-electron chi connectivity index (χ0n) is 19.7. The summed E-state index contributed by atoms with van der Waals surface area (Å²) in [6, 6.07) is 43.4. The number of benzene rings is 5. The summed E-state index contributed by atoms with van der Waals surface area (Å²) in [5.41, 5.74) is 1.04. The van der Waals surface area contributed by atoms with E-state index in [-0.39, 0.29) is 0 Å². The molecule has 6 aromatic rings. The Hall–Kier alpha value is -3.72. The van der Waals surface area contributed by atoms with Gasteiger partial charge in [0, 0.05) is 16.0 Å². The van der Waals surface area contributed by atoms with E-state index in [1.165, 1.54) is 10.6 Å². The van der Waals surface area contributed by atoms with Crippen LogP contribution in [0.2, 0.25) is 0 Å². The average Bonchev–Trinajstić information content (AvgIpc) is 3.32. The molecule has 176 valence electrons. The van der Waals surface area contributed by atoms with E-state index in [1.54, 1.807) is 7.11 Å². The molecule has 0 bridgehead atoms. The van der Waals surface area contributed by atoms with Gasteiger partial charge in [0.05, 0.1) is 25.6 Å². The van der Waals surface area contributed by atoms with Gasteiger partial charge in [0.1, 0.15) is 21.6 Å². The standard InChI is InChI=1S/C31H24NO2PS/c1-34-25-19-20-29-24(21-25)22-31(36(33)30-18-10-12-23-11-8-9-17-28(23)30)32(29)35(26-13-4-2-5-14-26)27-15-6-3-7-16-27/h2-22H,1H3. The maximum Gasteiger partial charge on any atom is 0.119 e. The lowest BCUT2D eigenvalue weighted by molar-refractivity contribution is 0.415. The van der Waals surface area contributed by atoms with Crippen LogP contribution in [0.1, 0.15) is 0 Å². The Morgan fingerprint density at radius 2 is 1.31 bits per heavy atom. The van der Waals surface area contributed by atoms with Crippen molar-refractivity contribution in [2.45, 2.75) is 9.92 Å². The minimum Gasteiger partial charge on any atom is -0.497 e. The first-order valence-electron chi connectivity index (χ1n) is 11.7. The van der Waals surface area contributed by atoms with Crippen molar-refractivity contribution < 1.29 is 8.95 Å². The van der Waals surface area contributed by atoms with Gasteiger partial charge in [-0.25, -0.2) is 4.21 Å². The molecule has 3 nitrogen and oxygen atoms in total. The zero-order valence-corrected chi connectivity index (χ0v) is 21.5. The fourth-order valence-corrected chi connectivity index (χ4v) is 8.70. The average molecular weight is 506 g/mol. The van der Waals surface area contributed by atoms with E-state index in [9.17, 15) is 4.21 Å². The first kappa shape index (κ1) is 22.7. The zero-order chi connectivity index (χ0) is 24.5. The van der Waals surface area contributed by atoms with Gasteiger partial charge >= 0.3 is 0 Å². The molecule has 1 aromatic heterocycles. The largest absolute Gasteiger partial charge is 0.497 e. The van der Waals surface area contributed by atoms with Crippen molar-refractivity contribution in [3.63, 3.8) is 0 Å². The Morgan fingerprint density at radius 3 is 2.00 bits per heavy atom. The molecule has 0 saturated carbocycles. The lowest BCUT2D eigenvalue weighted by atomic mass is 10.1. The SMILES string of the molecule is COc1ccc2c(c1)cc(S(=O)c1cccc3ccccc13)n2P(c1ccccc1)c1ccccc1. The van der Waals surface area contributed by atoms with Gasteiger partial charge in [0.15, 0.2) is 0 Å². The van der Waals surface area contributed by atoms with E-state index in [1.807, 2.05) is 48.5 Å². The van der Waals surface area contributed by atoms with E-state index in [0.717, 1.165) is 37.3 Å². The number of aromatic nitrogens is 1. The van der Waals surface area contributed by atoms with E-state index in [0.29, 0.717) is 0 Å². The molecule has 0 saturated heterocycles. The van der Waals surface area contributed by atoms with Crippen molar-refractivity contribution in [3.05, 3.63) is 127 Å². The maximum absolute atomic E-state index is 14.4. The smallest absolute Gasteiger partial charge is 0.119 e. The van der Waals surface area contributed by atoms with E-state index < -0.39 is 18.9 Å². The molecule has 0 aliphatic carbocycles. The molecule has 0 spiro atoms. The summed E-state index contributed by atoms with van der Waals surface area (Å²) in [4.78, 5) is 0.820. The summed E-state index contributed by atoms with van der Waals surface area (Å²) < 4.78 is 22.3. The number of rotatable bonds is 6. The highest BCUT2D eigenvalue weighted by molar-refractivity contribution is 7.86. The first-order valence-corrected chi connectivity index (χ1v) is 14.2. The molecule has 0 aliphatic rings. The van der Waals surface area contributed by atoms with Crippen LogP contribution in [0.4, 0.5) is 0 Å². The van der Waals surface area contributed by atoms with Gasteiger partial charge in [-0.1, -0.05) is 97.1 Å². The van der Waals surface area contributed by atoms with Gasteiger partial charge in [0.2, 0.25) is 0 Å². The van der Waals surface area contributed by atoms with Gasteiger partial charge in [-0.2, -0.15) is 0 Å². The summed E-state index contributed by atoms with van der Waals surface area (Å²) in [7, 11) is -0.756. The highest BCUT2D eigenvalue weighted by atomic mass is 32.2. The maximum atomic E-state index is 14.4. The molecule has 5 aromatic carbocycles. The quantitative estimate of drug-likeness (QED) is 0.232. The molecule has 0 aliphatic heterocycles. The number of hydrogen-bond acceptors (Lipinski definition) is 2. The van der Waals surface area contributed by atoms with Crippen molar-refractivity contribution in [1.29, 1.82) is 0 Å². The van der Waals surface area contributed by atoms with Crippen LogP contribution < -0.4 is 15.3 Å². The number of methoxy groups -OCH3 is 1. The molecule has 0 N–H and O–H groups in total. The lowest BCUT2D eigenvalue weighted by Gasteiger charge is -2.24. The molecule has 5 heteroatoms. The first-order chi connectivity index (χ1) is 17.7. The molecule has 1 heterocycles. The van der Waals surface area contributed by atoms with Gasteiger partial charge in [-0.05, 0) is 41.1 Å². The van der Waals surface area contributed by atoms with Gasteiger partial charge in [0.25, 0.3) is 0 Å². The van der Waals surface area contributed by atoms with Crippen molar-refractivity contribution in [1.82, 2.24) is 4.34 Å². The van der Waals surface area contributed by atoms with Crippen LogP contribution in [0.25, 0.3) is 21.7 Å². The van der Waals surface area contributed by atoms with Crippen molar-refractivity contribution >= 4 is 51.2 Å². The third kappa shape index (κ3) is 4.03. The van der Waals surface area contributed by atoms with Crippen LogP contribution in [0.3, 0.4) is 0 Å². The summed E-state index contributed by atoms with van der Waals surface area (Å²) in [5, 5.41) is 6.29. The molecule has 0 radical (unpaired) electrons. The molecular formula is C31H24NO2PS. The molecule has 0 fully saturated rings. The fourth-order valence-electron chi connectivity index (χ4n) is 4.61. The summed E-state index contributed by atoms with van der Waals surface area (Å²) in [5.74, 6) is 0.783. The minimum absolute atomic E-state index is 0.783. The Morgan fingerprint density at radius 1 is 0.667 bits per heavy atom. The van der Waals surface area contributed by atoms with Crippen LogP contribution in [0.5, 0.6) is 5.75 Å².